The molecule has 8 nitrogen and oxygen atoms in total. The number of piperidine rings is 1. The van der Waals surface area contributed by atoms with Crippen LogP contribution in [0.5, 0.6) is 5.75 Å². The normalized spacial score (nSPS) is 20.4. The molecule has 4 rings (SSSR count). The molecule has 2 aliphatic rings. The molecule has 1 aromatic heterocycles. The van der Waals surface area contributed by atoms with Crippen molar-refractivity contribution in [2.75, 3.05) is 19.6 Å². The second-order valence-corrected chi connectivity index (χ2v) is 10.9. The minimum Gasteiger partial charge on any atom is -0.508 e. The van der Waals surface area contributed by atoms with Crippen LogP contribution in [0.3, 0.4) is 0 Å². The first kappa shape index (κ1) is 26.2. The molecule has 2 aliphatic heterocycles. The standard InChI is InChI=1S/C28H41N5O3/c1-6-7-14-32-26(35)25(17-19(2)3)29-27(36)28(32)12-15-31(16-13-28)18-24-20(4)30-33(21(24)5)22-8-10-23(34)11-9-22/h8-11,19,25,34H,6-7,12-18H2,1-5H3,(H,29,36). The molecule has 0 aliphatic carbocycles. The number of benzene rings is 1. The summed E-state index contributed by atoms with van der Waals surface area (Å²) in [6.07, 6.45) is 3.87. The second-order valence-electron chi connectivity index (χ2n) is 10.9. The zero-order chi connectivity index (χ0) is 26.0. The Morgan fingerprint density at radius 3 is 2.42 bits per heavy atom. The van der Waals surface area contributed by atoms with Gasteiger partial charge in [0.05, 0.1) is 11.4 Å². The monoisotopic (exact) mass is 495 g/mol. The van der Waals surface area contributed by atoms with E-state index < -0.39 is 11.6 Å². The van der Waals surface area contributed by atoms with Crippen molar-refractivity contribution in [1.29, 1.82) is 0 Å². The lowest BCUT2D eigenvalue weighted by Gasteiger charge is -2.52. The zero-order valence-corrected chi connectivity index (χ0v) is 22.4. The summed E-state index contributed by atoms with van der Waals surface area (Å²) < 4.78 is 1.92. The summed E-state index contributed by atoms with van der Waals surface area (Å²) in [4.78, 5) is 31.3. The van der Waals surface area contributed by atoms with Crippen molar-refractivity contribution in [3.63, 3.8) is 0 Å². The van der Waals surface area contributed by atoms with E-state index >= 15 is 0 Å². The number of piperazine rings is 1. The highest BCUT2D eigenvalue weighted by molar-refractivity contribution is 6.00. The van der Waals surface area contributed by atoms with E-state index in [1.54, 1.807) is 12.1 Å². The number of amides is 2. The molecule has 3 heterocycles. The maximum atomic E-state index is 13.5. The number of aryl methyl sites for hydroxylation is 1. The molecule has 1 spiro atoms. The molecule has 1 aromatic carbocycles. The van der Waals surface area contributed by atoms with Crippen molar-refractivity contribution in [3.05, 3.63) is 41.2 Å². The topological polar surface area (TPSA) is 90.7 Å². The Labute approximate surface area is 214 Å². The molecule has 36 heavy (non-hydrogen) atoms. The number of rotatable bonds is 8. The number of hydrogen-bond donors (Lipinski definition) is 2. The molecule has 8 heteroatoms. The predicted molar refractivity (Wildman–Crippen MR) is 140 cm³/mol. The number of carbonyl (C=O) groups excluding carboxylic acids is 2. The van der Waals surface area contributed by atoms with Gasteiger partial charge in [0.2, 0.25) is 11.8 Å². The first-order chi connectivity index (χ1) is 17.2. The number of phenols is 1. The summed E-state index contributed by atoms with van der Waals surface area (Å²) in [5.74, 6) is 0.691. The van der Waals surface area contributed by atoms with Crippen molar-refractivity contribution < 1.29 is 14.7 Å². The van der Waals surface area contributed by atoms with Gasteiger partial charge in [-0.15, -0.1) is 0 Å². The number of carbonyl (C=O) groups is 2. The van der Waals surface area contributed by atoms with Gasteiger partial charge in [0.15, 0.2) is 0 Å². The first-order valence-electron chi connectivity index (χ1n) is 13.4. The van der Waals surface area contributed by atoms with E-state index in [1.807, 2.05) is 28.6 Å². The maximum Gasteiger partial charge on any atom is 0.246 e. The highest BCUT2D eigenvalue weighted by Gasteiger charge is 2.53. The van der Waals surface area contributed by atoms with Gasteiger partial charge in [-0.1, -0.05) is 27.2 Å². The van der Waals surface area contributed by atoms with Crippen LogP contribution in [0.4, 0.5) is 0 Å². The van der Waals surface area contributed by atoms with Crippen LogP contribution in [0.15, 0.2) is 24.3 Å². The van der Waals surface area contributed by atoms with Gasteiger partial charge >= 0.3 is 0 Å². The molecule has 0 bridgehead atoms. The third-order valence-electron chi connectivity index (χ3n) is 7.85. The second kappa shape index (κ2) is 10.6. The molecule has 2 saturated heterocycles. The molecule has 1 atom stereocenters. The summed E-state index contributed by atoms with van der Waals surface area (Å²) >= 11 is 0. The number of nitrogens with zero attached hydrogens (tertiary/aromatic N) is 4. The van der Waals surface area contributed by atoms with Gasteiger partial charge in [-0.2, -0.15) is 5.10 Å². The zero-order valence-electron chi connectivity index (χ0n) is 22.4. The molecule has 2 N–H and O–H groups in total. The summed E-state index contributed by atoms with van der Waals surface area (Å²) in [7, 11) is 0. The van der Waals surface area contributed by atoms with Gasteiger partial charge in [0, 0.05) is 37.4 Å². The molecule has 0 radical (unpaired) electrons. The fourth-order valence-electron chi connectivity index (χ4n) is 5.70. The van der Waals surface area contributed by atoms with E-state index in [0.29, 0.717) is 31.7 Å². The molecule has 0 saturated carbocycles. The lowest BCUT2D eigenvalue weighted by Crippen LogP contribution is -2.73. The summed E-state index contributed by atoms with van der Waals surface area (Å²) in [5.41, 5.74) is 3.41. The van der Waals surface area contributed by atoms with Crippen molar-refractivity contribution in [2.24, 2.45) is 5.92 Å². The Balaban J connectivity index is 1.49. The smallest absolute Gasteiger partial charge is 0.246 e. The van der Waals surface area contributed by atoms with Gasteiger partial charge in [0.1, 0.15) is 17.3 Å². The van der Waals surface area contributed by atoms with Crippen molar-refractivity contribution in [1.82, 2.24) is 24.9 Å². The van der Waals surface area contributed by atoms with Crippen molar-refractivity contribution in [3.8, 4) is 11.4 Å². The molecule has 2 amide bonds. The number of hydrogen-bond acceptors (Lipinski definition) is 5. The molecular weight excluding hydrogens is 454 g/mol. The number of aromatic hydroxyl groups is 1. The molecule has 1 unspecified atom stereocenters. The molecular formula is C28H41N5O3. The largest absolute Gasteiger partial charge is 0.508 e. The summed E-state index contributed by atoms with van der Waals surface area (Å²) in [6, 6.07) is 6.65. The van der Waals surface area contributed by atoms with Crippen molar-refractivity contribution in [2.45, 2.75) is 84.8 Å². The van der Waals surface area contributed by atoms with E-state index in [2.05, 4.69) is 37.9 Å². The van der Waals surface area contributed by atoms with Crippen LogP contribution in [0.25, 0.3) is 5.69 Å². The Bertz CT molecular complexity index is 1080. The van der Waals surface area contributed by atoms with Crippen molar-refractivity contribution >= 4 is 11.8 Å². The number of aromatic nitrogens is 2. The molecule has 2 aromatic rings. The minimum absolute atomic E-state index is 0.0241. The van der Waals surface area contributed by atoms with Crippen LogP contribution in [-0.2, 0) is 16.1 Å². The van der Waals surface area contributed by atoms with E-state index in [4.69, 9.17) is 5.10 Å². The van der Waals surface area contributed by atoms with Crippen LogP contribution in [0.2, 0.25) is 0 Å². The summed E-state index contributed by atoms with van der Waals surface area (Å²) in [6.45, 7) is 13.3. The van der Waals surface area contributed by atoms with Gasteiger partial charge in [-0.25, -0.2) is 4.68 Å². The maximum absolute atomic E-state index is 13.5. The molecule has 2 fully saturated rings. The third kappa shape index (κ3) is 5.01. The van der Waals surface area contributed by atoms with Gasteiger partial charge < -0.3 is 15.3 Å². The highest BCUT2D eigenvalue weighted by atomic mass is 16.3. The van der Waals surface area contributed by atoms with E-state index in [-0.39, 0.29) is 17.6 Å². The summed E-state index contributed by atoms with van der Waals surface area (Å²) in [5, 5.41) is 17.5. The lowest BCUT2D eigenvalue weighted by atomic mass is 9.80. The van der Waals surface area contributed by atoms with Crippen LogP contribution in [-0.4, -0.2) is 67.7 Å². The Hall–Kier alpha value is -2.87. The fraction of sp³-hybridized carbons (Fsp3) is 0.607. The van der Waals surface area contributed by atoms with Crippen LogP contribution in [0.1, 0.15) is 69.8 Å². The van der Waals surface area contributed by atoms with Gasteiger partial charge in [0.25, 0.3) is 0 Å². The SMILES string of the molecule is CCCCN1C(=O)C(CC(C)C)NC(=O)C12CCN(Cc1c(C)nn(-c3ccc(O)cc3)c1C)CC2. The quantitative estimate of drug-likeness (QED) is 0.583. The average Bonchev–Trinajstić information content (AvgIpc) is 3.12. The van der Waals surface area contributed by atoms with Gasteiger partial charge in [-0.3, -0.25) is 14.5 Å². The minimum atomic E-state index is -0.740. The third-order valence-corrected chi connectivity index (χ3v) is 7.85. The Morgan fingerprint density at radius 1 is 1.14 bits per heavy atom. The Morgan fingerprint density at radius 2 is 1.81 bits per heavy atom. The van der Waals surface area contributed by atoms with Crippen LogP contribution >= 0.6 is 0 Å². The fourth-order valence-corrected chi connectivity index (χ4v) is 5.70. The van der Waals surface area contributed by atoms with E-state index in [1.165, 1.54) is 5.56 Å². The average molecular weight is 496 g/mol. The van der Waals surface area contributed by atoms with Gasteiger partial charge in [-0.05, 0) is 69.7 Å². The predicted octanol–water partition coefficient (Wildman–Crippen LogP) is 3.70. The van der Waals surface area contributed by atoms with E-state index in [9.17, 15) is 14.7 Å². The van der Waals surface area contributed by atoms with Crippen LogP contribution < -0.4 is 5.32 Å². The number of unbranched alkanes of at least 4 members (excludes halogenated alkanes) is 1. The number of nitrogens with one attached hydrogen (secondary N) is 1. The number of phenolic OH excluding ortho intramolecular Hbond substituents is 1. The first-order valence-corrected chi connectivity index (χ1v) is 13.4. The van der Waals surface area contributed by atoms with Crippen LogP contribution in [0, 0.1) is 19.8 Å². The highest BCUT2D eigenvalue weighted by Crippen LogP contribution is 2.35. The molecule has 196 valence electrons. The number of likely N-dealkylation sites (tertiary alicyclic amines) is 1. The Kier molecular flexibility index (Phi) is 7.73. The lowest BCUT2D eigenvalue weighted by molar-refractivity contribution is -0.161. The van der Waals surface area contributed by atoms with E-state index in [0.717, 1.165) is 49.6 Å².